The largest absolute Gasteiger partial charge is 0.303 e. The smallest absolute Gasteiger partial charge is 0.123 e. The van der Waals surface area contributed by atoms with Crippen molar-refractivity contribution in [1.82, 2.24) is 0 Å². The molecule has 0 aromatic rings. The van der Waals surface area contributed by atoms with Crippen LogP contribution in [0.4, 0.5) is 0 Å². The van der Waals surface area contributed by atoms with Crippen LogP contribution < -0.4 is 0 Å². The van der Waals surface area contributed by atoms with Gasteiger partial charge >= 0.3 is 0 Å². The third-order valence-corrected chi connectivity index (χ3v) is 2.61. The lowest BCUT2D eigenvalue weighted by molar-refractivity contribution is -0.109. The standard InChI is InChI=1S/C7H12O/c1-5-6(4-8)7(5,2)3/h4-6H,1-3H3/t5-,6?/m1/s1. The van der Waals surface area contributed by atoms with Crippen molar-refractivity contribution in [3.05, 3.63) is 0 Å². The van der Waals surface area contributed by atoms with Gasteiger partial charge in [-0.2, -0.15) is 0 Å². The second-order valence-electron chi connectivity index (χ2n) is 3.27. The molecule has 0 N–H and O–H groups in total. The Morgan fingerprint density at radius 1 is 1.50 bits per heavy atom. The highest BCUT2D eigenvalue weighted by Gasteiger charge is 2.54. The molecule has 0 amide bonds. The third kappa shape index (κ3) is 0.504. The lowest BCUT2D eigenvalue weighted by Crippen LogP contribution is -1.89. The number of carbonyl (C=O) groups is 1. The van der Waals surface area contributed by atoms with E-state index < -0.39 is 0 Å². The maximum Gasteiger partial charge on any atom is 0.123 e. The molecule has 1 heteroatoms. The van der Waals surface area contributed by atoms with Crippen molar-refractivity contribution in [2.24, 2.45) is 17.3 Å². The fourth-order valence-electron chi connectivity index (χ4n) is 1.23. The first-order chi connectivity index (χ1) is 3.60. The molecule has 1 fully saturated rings. The molecule has 0 aromatic carbocycles. The monoisotopic (exact) mass is 112 g/mol. The van der Waals surface area contributed by atoms with Crippen LogP contribution in [0.3, 0.4) is 0 Å². The van der Waals surface area contributed by atoms with Gasteiger partial charge in [0, 0.05) is 5.92 Å². The van der Waals surface area contributed by atoms with E-state index in [1.807, 2.05) is 0 Å². The van der Waals surface area contributed by atoms with E-state index in [4.69, 9.17) is 0 Å². The molecule has 1 aliphatic carbocycles. The lowest BCUT2D eigenvalue weighted by atomic mass is 10.1. The Kier molecular flexibility index (Phi) is 0.969. The Morgan fingerprint density at radius 2 is 1.88 bits per heavy atom. The summed E-state index contributed by atoms with van der Waals surface area (Å²) in [4.78, 5) is 10.2. The minimum atomic E-state index is 0.307. The van der Waals surface area contributed by atoms with Gasteiger partial charge in [0.15, 0.2) is 0 Å². The van der Waals surface area contributed by atoms with E-state index in [-0.39, 0.29) is 0 Å². The highest BCUT2D eigenvalue weighted by Crippen LogP contribution is 2.56. The van der Waals surface area contributed by atoms with Gasteiger partial charge in [-0.1, -0.05) is 20.8 Å². The molecule has 1 rings (SSSR count). The van der Waals surface area contributed by atoms with Gasteiger partial charge in [-0.3, -0.25) is 0 Å². The molecular weight excluding hydrogens is 100 g/mol. The summed E-state index contributed by atoms with van der Waals surface area (Å²) < 4.78 is 0. The maximum absolute atomic E-state index is 10.2. The van der Waals surface area contributed by atoms with Gasteiger partial charge in [-0.05, 0) is 11.3 Å². The van der Waals surface area contributed by atoms with Gasteiger partial charge in [0.05, 0.1) is 0 Å². The summed E-state index contributed by atoms with van der Waals surface area (Å²) in [6.45, 7) is 6.40. The van der Waals surface area contributed by atoms with Crippen LogP contribution in [-0.2, 0) is 4.79 Å². The van der Waals surface area contributed by atoms with Crippen molar-refractivity contribution < 1.29 is 4.79 Å². The molecule has 2 atom stereocenters. The van der Waals surface area contributed by atoms with Crippen LogP contribution in [-0.4, -0.2) is 6.29 Å². The summed E-state index contributed by atoms with van der Waals surface area (Å²) in [5, 5.41) is 0. The number of rotatable bonds is 1. The van der Waals surface area contributed by atoms with Gasteiger partial charge < -0.3 is 4.79 Å². The number of hydrogen-bond donors (Lipinski definition) is 0. The maximum atomic E-state index is 10.2. The van der Waals surface area contributed by atoms with Gasteiger partial charge in [0.25, 0.3) is 0 Å². The molecule has 0 spiro atoms. The molecule has 1 aliphatic rings. The first-order valence-corrected chi connectivity index (χ1v) is 3.06. The molecule has 0 saturated heterocycles. The van der Waals surface area contributed by atoms with Crippen LogP contribution in [0.15, 0.2) is 0 Å². The molecule has 0 radical (unpaired) electrons. The van der Waals surface area contributed by atoms with Crippen molar-refractivity contribution >= 4 is 6.29 Å². The predicted molar refractivity (Wildman–Crippen MR) is 32.5 cm³/mol. The summed E-state index contributed by atoms with van der Waals surface area (Å²) in [5.74, 6) is 0.947. The third-order valence-electron chi connectivity index (χ3n) is 2.61. The molecule has 1 saturated carbocycles. The van der Waals surface area contributed by atoms with Crippen molar-refractivity contribution in [3.63, 3.8) is 0 Å². The van der Waals surface area contributed by atoms with Gasteiger partial charge in [0.2, 0.25) is 0 Å². The number of carbonyl (C=O) groups excluding carboxylic acids is 1. The molecule has 46 valence electrons. The van der Waals surface area contributed by atoms with Crippen molar-refractivity contribution in [1.29, 1.82) is 0 Å². The van der Waals surface area contributed by atoms with E-state index in [0.29, 0.717) is 17.3 Å². The highest BCUT2D eigenvalue weighted by molar-refractivity contribution is 5.60. The fraction of sp³-hybridized carbons (Fsp3) is 0.857. The topological polar surface area (TPSA) is 17.1 Å². The van der Waals surface area contributed by atoms with Crippen molar-refractivity contribution in [2.45, 2.75) is 20.8 Å². The van der Waals surface area contributed by atoms with Crippen LogP contribution in [0.1, 0.15) is 20.8 Å². The zero-order valence-electron chi connectivity index (χ0n) is 5.64. The van der Waals surface area contributed by atoms with Gasteiger partial charge in [0.1, 0.15) is 6.29 Å². The first-order valence-electron chi connectivity index (χ1n) is 3.06. The van der Waals surface area contributed by atoms with E-state index in [2.05, 4.69) is 20.8 Å². The normalized spacial score (nSPS) is 41.4. The average molecular weight is 112 g/mol. The Labute approximate surface area is 50.1 Å². The minimum absolute atomic E-state index is 0.307. The molecule has 1 nitrogen and oxygen atoms in total. The Bertz CT molecular complexity index is 116. The van der Waals surface area contributed by atoms with Crippen LogP contribution in [0.5, 0.6) is 0 Å². The average Bonchev–Trinajstić information content (AvgIpc) is 2.09. The van der Waals surface area contributed by atoms with Crippen molar-refractivity contribution in [2.75, 3.05) is 0 Å². The Hall–Kier alpha value is -0.330. The summed E-state index contributed by atoms with van der Waals surface area (Å²) in [7, 11) is 0. The van der Waals surface area contributed by atoms with E-state index in [9.17, 15) is 4.79 Å². The van der Waals surface area contributed by atoms with E-state index in [0.717, 1.165) is 6.29 Å². The zero-order chi connectivity index (χ0) is 6.36. The second kappa shape index (κ2) is 1.34. The van der Waals surface area contributed by atoms with Crippen LogP contribution in [0, 0.1) is 17.3 Å². The molecular formula is C7H12O. The van der Waals surface area contributed by atoms with Crippen LogP contribution in [0.25, 0.3) is 0 Å². The van der Waals surface area contributed by atoms with Gasteiger partial charge in [-0.15, -0.1) is 0 Å². The molecule has 0 bridgehead atoms. The predicted octanol–water partition coefficient (Wildman–Crippen LogP) is 1.48. The summed E-state index contributed by atoms with van der Waals surface area (Å²) in [5.41, 5.74) is 0.307. The molecule has 1 unspecified atom stereocenters. The van der Waals surface area contributed by atoms with Crippen molar-refractivity contribution in [3.8, 4) is 0 Å². The molecule has 0 aromatic heterocycles. The molecule has 0 aliphatic heterocycles. The Balaban J connectivity index is 2.57. The minimum Gasteiger partial charge on any atom is -0.303 e. The fourth-order valence-corrected chi connectivity index (χ4v) is 1.23. The SMILES string of the molecule is C[C@@H]1C(C=O)C1(C)C. The summed E-state index contributed by atoms with van der Waals surface area (Å²) in [6.07, 6.45) is 1.07. The second-order valence-corrected chi connectivity index (χ2v) is 3.27. The highest BCUT2D eigenvalue weighted by atomic mass is 16.1. The zero-order valence-corrected chi connectivity index (χ0v) is 5.64. The van der Waals surface area contributed by atoms with Crippen LogP contribution in [0.2, 0.25) is 0 Å². The van der Waals surface area contributed by atoms with E-state index in [1.54, 1.807) is 0 Å². The summed E-state index contributed by atoms with van der Waals surface area (Å²) >= 11 is 0. The first kappa shape index (κ1) is 5.80. The molecule has 8 heavy (non-hydrogen) atoms. The molecule has 0 heterocycles. The summed E-state index contributed by atoms with van der Waals surface area (Å²) in [6, 6.07) is 0. The van der Waals surface area contributed by atoms with E-state index >= 15 is 0 Å². The number of hydrogen-bond acceptors (Lipinski definition) is 1. The quantitative estimate of drug-likeness (QED) is 0.469. The lowest BCUT2D eigenvalue weighted by Gasteiger charge is -1.93. The van der Waals surface area contributed by atoms with Crippen LogP contribution >= 0.6 is 0 Å². The van der Waals surface area contributed by atoms with Gasteiger partial charge in [-0.25, -0.2) is 0 Å². The Morgan fingerprint density at radius 3 is 1.88 bits per heavy atom. The number of aldehydes is 1. The van der Waals surface area contributed by atoms with E-state index in [1.165, 1.54) is 0 Å².